The zero-order chi connectivity index (χ0) is 20.8. The van der Waals surface area contributed by atoms with Gasteiger partial charge in [0, 0.05) is 51.3 Å². The minimum absolute atomic E-state index is 0.263. The molecule has 0 aliphatic carbocycles. The number of rotatable bonds is 8. The fraction of sp³-hybridized carbons (Fsp3) is 0.400. The van der Waals surface area contributed by atoms with Crippen LogP contribution in [-0.2, 0) is 11.3 Å². The first kappa shape index (κ1) is 21.3. The molecule has 0 radical (unpaired) electrons. The van der Waals surface area contributed by atoms with Gasteiger partial charge in [-0.3, -0.25) is 19.9 Å². The number of thiophene rings is 1. The van der Waals surface area contributed by atoms with Gasteiger partial charge in [-0.05, 0) is 17.2 Å². The van der Waals surface area contributed by atoms with E-state index in [2.05, 4.69) is 27.2 Å². The Hall–Kier alpha value is -2.46. The summed E-state index contributed by atoms with van der Waals surface area (Å²) >= 11 is 1.28. The molecule has 1 aliphatic heterocycles. The molecule has 1 aromatic heterocycles. The lowest BCUT2D eigenvalue weighted by atomic mass is 10.1. The quantitative estimate of drug-likeness (QED) is 0.606. The highest BCUT2D eigenvalue weighted by molar-refractivity contribution is 7.20. The number of carbonyl (C=O) groups is 2. The van der Waals surface area contributed by atoms with Crippen molar-refractivity contribution in [1.29, 1.82) is 0 Å². The van der Waals surface area contributed by atoms with E-state index in [4.69, 9.17) is 16.2 Å². The van der Waals surface area contributed by atoms with E-state index in [1.165, 1.54) is 16.9 Å². The molecule has 2 aromatic rings. The third kappa shape index (κ3) is 5.77. The van der Waals surface area contributed by atoms with Crippen molar-refractivity contribution < 1.29 is 14.3 Å². The number of primary amides is 2. The standard InChI is InChI=1S/C20H27N5O3S/c1-28-11-10-24-6-8-25(9-7-24)13-14-2-4-15(5-3-14)17-12-16(18(21)26)19(29-17)23-20(22)27/h2-5,12H,6-11,13H2,1H3,(H2,21,26)(H3,22,23,27). The van der Waals surface area contributed by atoms with Crippen LogP contribution in [0.1, 0.15) is 15.9 Å². The highest BCUT2D eigenvalue weighted by atomic mass is 32.1. The van der Waals surface area contributed by atoms with Crippen LogP contribution < -0.4 is 16.8 Å². The highest BCUT2D eigenvalue weighted by Gasteiger charge is 2.18. The Kier molecular flexibility index (Phi) is 7.21. The Bertz CT molecular complexity index is 844. The largest absolute Gasteiger partial charge is 0.383 e. The summed E-state index contributed by atoms with van der Waals surface area (Å²) in [5.74, 6) is -0.600. The van der Waals surface area contributed by atoms with Gasteiger partial charge in [0.15, 0.2) is 0 Å². The summed E-state index contributed by atoms with van der Waals surface area (Å²) in [6.45, 7) is 6.87. The Balaban J connectivity index is 1.62. The van der Waals surface area contributed by atoms with E-state index >= 15 is 0 Å². The molecular weight excluding hydrogens is 390 g/mol. The number of piperazine rings is 1. The molecule has 0 atom stereocenters. The number of urea groups is 1. The molecule has 0 unspecified atom stereocenters. The molecule has 0 bridgehead atoms. The number of carbonyl (C=O) groups excluding carboxylic acids is 2. The lowest BCUT2D eigenvalue weighted by Gasteiger charge is -2.34. The van der Waals surface area contributed by atoms with Crippen molar-refractivity contribution in [3.63, 3.8) is 0 Å². The second-order valence-electron chi connectivity index (χ2n) is 7.01. The van der Waals surface area contributed by atoms with Crippen molar-refractivity contribution in [2.45, 2.75) is 6.54 Å². The number of amides is 3. The summed E-state index contributed by atoms with van der Waals surface area (Å²) in [5, 5.41) is 2.84. The smallest absolute Gasteiger partial charge is 0.317 e. The summed E-state index contributed by atoms with van der Waals surface area (Å²) in [7, 11) is 1.74. The zero-order valence-electron chi connectivity index (χ0n) is 16.5. The maximum Gasteiger partial charge on any atom is 0.317 e. The first-order valence-electron chi connectivity index (χ1n) is 9.49. The molecule has 8 nitrogen and oxygen atoms in total. The molecule has 3 rings (SSSR count). The van der Waals surface area contributed by atoms with E-state index in [0.717, 1.165) is 56.3 Å². The van der Waals surface area contributed by atoms with Crippen molar-refractivity contribution >= 4 is 28.3 Å². The van der Waals surface area contributed by atoms with Crippen LogP contribution in [0, 0.1) is 0 Å². The Labute approximate surface area is 174 Å². The van der Waals surface area contributed by atoms with E-state index < -0.39 is 11.9 Å². The van der Waals surface area contributed by atoms with E-state index in [1.807, 2.05) is 12.1 Å². The van der Waals surface area contributed by atoms with Gasteiger partial charge in [0.1, 0.15) is 5.00 Å². The van der Waals surface area contributed by atoms with Crippen LogP contribution in [0.15, 0.2) is 30.3 Å². The molecule has 9 heteroatoms. The lowest BCUT2D eigenvalue weighted by molar-refractivity contribution is 0.0938. The predicted octanol–water partition coefficient (Wildman–Crippen LogP) is 1.77. The SMILES string of the molecule is COCCN1CCN(Cc2ccc(-c3cc(C(N)=O)c(NC(N)=O)s3)cc2)CC1. The summed E-state index contributed by atoms with van der Waals surface area (Å²) < 4.78 is 5.15. The van der Waals surface area contributed by atoms with Crippen LogP contribution in [-0.4, -0.2) is 68.2 Å². The number of methoxy groups -OCH3 is 1. The fourth-order valence-corrected chi connectivity index (χ4v) is 4.42. The number of nitrogens with zero attached hydrogens (tertiary/aromatic N) is 2. The number of anilines is 1. The average molecular weight is 418 g/mol. The molecule has 1 aromatic carbocycles. The Morgan fingerprint density at radius 3 is 2.34 bits per heavy atom. The summed E-state index contributed by atoms with van der Waals surface area (Å²) in [6.07, 6.45) is 0. The predicted molar refractivity (Wildman–Crippen MR) is 115 cm³/mol. The van der Waals surface area contributed by atoms with Gasteiger partial charge in [0.05, 0.1) is 12.2 Å². The molecule has 1 saturated heterocycles. The Morgan fingerprint density at radius 2 is 1.76 bits per heavy atom. The normalized spacial score (nSPS) is 15.3. The summed E-state index contributed by atoms with van der Waals surface area (Å²) in [4.78, 5) is 28.5. The van der Waals surface area contributed by atoms with Crippen LogP contribution in [0.2, 0.25) is 0 Å². The summed E-state index contributed by atoms with van der Waals surface area (Å²) in [6, 6.07) is 9.20. The second kappa shape index (κ2) is 9.84. The van der Waals surface area contributed by atoms with Crippen LogP contribution in [0.5, 0.6) is 0 Å². The molecule has 2 heterocycles. The Morgan fingerprint density at radius 1 is 1.10 bits per heavy atom. The van der Waals surface area contributed by atoms with Gasteiger partial charge in [-0.25, -0.2) is 4.79 Å². The minimum Gasteiger partial charge on any atom is -0.383 e. The summed E-state index contributed by atoms with van der Waals surface area (Å²) in [5.41, 5.74) is 13.0. The third-order valence-electron chi connectivity index (χ3n) is 4.96. The van der Waals surface area contributed by atoms with Crippen molar-refractivity contribution in [2.75, 3.05) is 51.8 Å². The first-order valence-corrected chi connectivity index (χ1v) is 10.3. The molecule has 156 valence electrons. The van der Waals surface area contributed by atoms with Gasteiger partial charge < -0.3 is 16.2 Å². The average Bonchev–Trinajstić information content (AvgIpc) is 3.11. The molecule has 0 saturated carbocycles. The van der Waals surface area contributed by atoms with Gasteiger partial charge in [-0.1, -0.05) is 24.3 Å². The molecule has 0 spiro atoms. The maximum atomic E-state index is 11.6. The topological polar surface area (TPSA) is 114 Å². The van der Waals surface area contributed by atoms with Crippen molar-refractivity contribution in [3.05, 3.63) is 41.5 Å². The van der Waals surface area contributed by atoms with Gasteiger partial charge >= 0.3 is 6.03 Å². The van der Waals surface area contributed by atoms with E-state index in [0.29, 0.717) is 5.00 Å². The maximum absolute atomic E-state index is 11.6. The molecule has 5 N–H and O–H groups in total. The number of nitrogens with one attached hydrogen (secondary N) is 1. The molecular formula is C20H27N5O3S. The van der Waals surface area contributed by atoms with Gasteiger partial charge in [-0.15, -0.1) is 11.3 Å². The van der Waals surface area contributed by atoms with Gasteiger partial charge in [0.2, 0.25) is 0 Å². The first-order chi connectivity index (χ1) is 14.0. The van der Waals surface area contributed by atoms with E-state index in [1.54, 1.807) is 13.2 Å². The zero-order valence-corrected chi connectivity index (χ0v) is 17.3. The van der Waals surface area contributed by atoms with Crippen molar-refractivity contribution in [3.8, 4) is 10.4 Å². The van der Waals surface area contributed by atoms with Crippen LogP contribution in [0.3, 0.4) is 0 Å². The minimum atomic E-state index is -0.724. The third-order valence-corrected chi connectivity index (χ3v) is 6.06. The van der Waals surface area contributed by atoms with Crippen molar-refractivity contribution in [1.82, 2.24) is 9.80 Å². The molecule has 29 heavy (non-hydrogen) atoms. The highest BCUT2D eigenvalue weighted by Crippen LogP contribution is 2.35. The van der Waals surface area contributed by atoms with Crippen LogP contribution >= 0.6 is 11.3 Å². The number of hydrogen-bond donors (Lipinski definition) is 3. The molecule has 3 amide bonds. The number of nitrogens with two attached hydrogens (primary N) is 2. The van der Waals surface area contributed by atoms with E-state index in [-0.39, 0.29) is 5.56 Å². The fourth-order valence-electron chi connectivity index (χ4n) is 3.35. The monoisotopic (exact) mass is 417 g/mol. The molecule has 1 aliphatic rings. The second-order valence-corrected chi connectivity index (χ2v) is 8.07. The molecule has 1 fully saturated rings. The van der Waals surface area contributed by atoms with Crippen LogP contribution in [0.4, 0.5) is 9.80 Å². The van der Waals surface area contributed by atoms with Crippen LogP contribution in [0.25, 0.3) is 10.4 Å². The number of ether oxygens (including phenoxy) is 1. The lowest BCUT2D eigenvalue weighted by Crippen LogP contribution is -2.46. The van der Waals surface area contributed by atoms with Crippen molar-refractivity contribution in [2.24, 2.45) is 11.5 Å². The number of benzene rings is 1. The van der Waals surface area contributed by atoms with E-state index in [9.17, 15) is 9.59 Å². The number of hydrogen-bond acceptors (Lipinski definition) is 6. The van der Waals surface area contributed by atoms with Gasteiger partial charge in [-0.2, -0.15) is 0 Å². The van der Waals surface area contributed by atoms with Gasteiger partial charge in [0.25, 0.3) is 5.91 Å².